The van der Waals surface area contributed by atoms with Crippen molar-refractivity contribution in [2.24, 2.45) is 0 Å². The van der Waals surface area contributed by atoms with Crippen LogP contribution in [0.15, 0.2) is 9.81 Å². The van der Waals surface area contributed by atoms with Crippen LogP contribution in [0.4, 0.5) is 0 Å². The van der Waals surface area contributed by atoms with Gasteiger partial charge in [-0.1, -0.05) is 11.8 Å². The Morgan fingerprint density at radius 1 is 1.30 bits per heavy atom. The van der Waals surface area contributed by atoms with Crippen LogP contribution in [0.25, 0.3) is 0 Å². The Hall–Kier alpha value is 0.0700. The molecule has 10 heavy (non-hydrogen) atoms. The highest BCUT2D eigenvalue weighted by molar-refractivity contribution is 8.21. The van der Waals surface area contributed by atoms with Gasteiger partial charge in [0.25, 0.3) is 0 Å². The van der Waals surface area contributed by atoms with E-state index in [-0.39, 0.29) is 0 Å². The van der Waals surface area contributed by atoms with Crippen LogP contribution in [0.1, 0.15) is 0 Å². The second kappa shape index (κ2) is 2.60. The van der Waals surface area contributed by atoms with Crippen molar-refractivity contribution in [1.29, 1.82) is 0 Å². The van der Waals surface area contributed by atoms with Crippen LogP contribution >= 0.6 is 23.5 Å². The average Bonchev–Trinajstić information content (AvgIpc) is 2.33. The fourth-order valence-corrected chi connectivity index (χ4v) is 3.10. The van der Waals surface area contributed by atoms with Crippen LogP contribution < -0.4 is 5.32 Å². The number of rotatable bonds is 0. The van der Waals surface area contributed by atoms with E-state index in [1.54, 1.807) is 11.8 Å². The van der Waals surface area contributed by atoms with Crippen molar-refractivity contribution >= 4 is 28.6 Å². The van der Waals surface area contributed by atoms with Crippen LogP contribution in [0.5, 0.6) is 0 Å². The Kier molecular flexibility index (Phi) is 1.76. The van der Waals surface area contributed by atoms with E-state index < -0.39 is 0 Å². The number of nitrogens with one attached hydrogen (secondary N) is 1. The van der Waals surface area contributed by atoms with E-state index in [4.69, 9.17) is 0 Å². The van der Waals surface area contributed by atoms with Crippen molar-refractivity contribution in [3.05, 3.63) is 9.81 Å². The molecule has 2 nitrogen and oxygen atoms in total. The maximum Gasteiger partial charge on any atom is 0.203 e. The lowest BCUT2D eigenvalue weighted by atomic mass is 10.6. The summed E-state index contributed by atoms with van der Waals surface area (Å²) in [6, 6.07) is 0. The van der Waals surface area contributed by atoms with E-state index in [1.807, 2.05) is 0 Å². The Balaban J connectivity index is 2.21. The van der Waals surface area contributed by atoms with Gasteiger partial charge in [0.05, 0.1) is 5.75 Å². The van der Waals surface area contributed by atoms with Crippen molar-refractivity contribution in [1.82, 2.24) is 5.32 Å². The zero-order chi connectivity index (χ0) is 6.97. The van der Waals surface area contributed by atoms with Crippen LogP contribution in [0, 0.1) is 0 Å². The van der Waals surface area contributed by atoms with Gasteiger partial charge in [-0.2, -0.15) is 0 Å². The maximum atomic E-state index is 10.9. The molecule has 2 heterocycles. The molecule has 2 aliphatic heterocycles. The Labute approximate surface area is 67.8 Å². The third-order valence-corrected chi connectivity index (χ3v) is 3.95. The zero-order valence-corrected chi connectivity index (χ0v) is 6.98. The Morgan fingerprint density at radius 2 is 2.10 bits per heavy atom. The van der Waals surface area contributed by atoms with E-state index in [1.165, 1.54) is 21.6 Å². The van der Waals surface area contributed by atoms with Gasteiger partial charge in [0.1, 0.15) is 0 Å². The van der Waals surface area contributed by atoms with Crippen LogP contribution in [-0.4, -0.2) is 24.0 Å². The maximum absolute atomic E-state index is 10.9. The smallest absolute Gasteiger partial charge is 0.203 e. The third-order valence-electron chi connectivity index (χ3n) is 1.48. The molecule has 0 bridgehead atoms. The van der Waals surface area contributed by atoms with Crippen LogP contribution in [0.2, 0.25) is 0 Å². The summed E-state index contributed by atoms with van der Waals surface area (Å²) in [5.74, 6) is 0.658. The summed E-state index contributed by atoms with van der Waals surface area (Å²) in [4.78, 5) is 13.5. The second-order valence-electron chi connectivity index (χ2n) is 2.21. The molecule has 4 heteroatoms. The van der Waals surface area contributed by atoms with Crippen molar-refractivity contribution in [3.8, 4) is 0 Å². The first kappa shape index (κ1) is 6.76. The summed E-state index contributed by atoms with van der Waals surface area (Å²) in [7, 11) is 0. The summed E-state index contributed by atoms with van der Waals surface area (Å²) in [5, 5.41) is 3.52. The van der Waals surface area contributed by atoms with E-state index in [0.717, 1.165) is 13.1 Å². The van der Waals surface area contributed by atoms with Gasteiger partial charge in [0.2, 0.25) is 5.12 Å². The van der Waals surface area contributed by atoms with Crippen LogP contribution in [-0.2, 0) is 4.79 Å². The largest absolute Gasteiger partial charge is 0.307 e. The lowest BCUT2D eigenvalue weighted by molar-refractivity contribution is -0.108. The average molecular weight is 173 g/mol. The van der Waals surface area contributed by atoms with Crippen LogP contribution in [0.3, 0.4) is 0 Å². The molecular formula is C6H7NOS2. The minimum Gasteiger partial charge on any atom is -0.307 e. The summed E-state index contributed by atoms with van der Waals surface area (Å²) >= 11 is 3.10. The highest BCUT2D eigenvalue weighted by atomic mass is 32.2. The van der Waals surface area contributed by atoms with E-state index in [0.29, 0.717) is 10.9 Å². The number of carbonyl (C=O) groups excluding carboxylic acids is 1. The first-order valence-electron chi connectivity index (χ1n) is 3.12. The molecule has 0 spiro atoms. The molecule has 0 saturated carbocycles. The number of hydrogen-bond donors (Lipinski definition) is 1. The Morgan fingerprint density at radius 3 is 3.00 bits per heavy atom. The highest BCUT2D eigenvalue weighted by Crippen LogP contribution is 2.36. The number of carbonyl (C=O) groups is 1. The van der Waals surface area contributed by atoms with E-state index in [2.05, 4.69) is 5.32 Å². The molecule has 0 aromatic rings. The SMILES string of the molecule is O=C1CSC2=C(CNC2)S1. The van der Waals surface area contributed by atoms with Crippen molar-refractivity contribution < 1.29 is 4.79 Å². The zero-order valence-electron chi connectivity index (χ0n) is 5.35. The lowest BCUT2D eigenvalue weighted by Gasteiger charge is -2.09. The third kappa shape index (κ3) is 1.11. The topological polar surface area (TPSA) is 29.1 Å². The van der Waals surface area contributed by atoms with Gasteiger partial charge >= 0.3 is 0 Å². The van der Waals surface area contributed by atoms with Crippen molar-refractivity contribution in [2.45, 2.75) is 0 Å². The minimum absolute atomic E-state index is 0.299. The second-order valence-corrected chi connectivity index (χ2v) is 4.44. The molecule has 1 N–H and O–H groups in total. The normalized spacial score (nSPS) is 25.4. The molecule has 0 unspecified atom stereocenters. The Bertz CT molecular complexity index is 212. The lowest BCUT2D eigenvalue weighted by Crippen LogP contribution is -2.07. The first-order valence-corrected chi connectivity index (χ1v) is 4.93. The fraction of sp³-hybridized carbons (Fsp3) is 0.500. The summed E-state index contributed by atoms with van der Waals surface area (Å²) < 4.78 is 0. The molecule has 0 saturated heterocycles. The van der Waals surface area contributed by atoms with Gasteiger partial charge in [0.15, 0.2) is 0 Å². The molecule has 0 amide bonds. The van der Waals surface area contributed by atoms with Gasteiger partial charge in [-0.25, -0.2) is 0 Å². The molecular weight excluding hydrogens is 166 g/mol. The summed E-state index contributed by atoms with van der Waals surface area (Å²) in [5.41, 5.74) is 0. The molecule has 0 atom stereocenters. The molecule has 2 rings (SSSR count). The van der Waals surface area contributed by atoms with Gasteiger partial charge in [-0.05, 0) is 0 Å². The van der Waals surface area contributed by atoms with Gasteiger partial charge in [0, 0.05) is 22.9 Å². The number of thioether (sulfide) groups is 2. The van der Waals surface area contributed by atoms with Gasteiger partial charge in [-0.3, -0.25) is 4.79 Å². The standard InChI is InChI=1S/C6H7NOS2/c8-6-3-9-4-1-7-2-5(4)10-6/h7H,1-3H2. The molecule has 0 aromatic carbocycles. The molecule has 0 aliphatic carbocycles. The molecule has 0 fully saturated rings. The number of hydrogen-bond acceptors (Lipinski definition) is 4. The fourth-order valence-electron chi connectivity index (χ4n) is 1.02. The minimum atomic E-state index is 0.299. The summed E-state index contributed by atoms with van der Waals surface area (Å²) in [6.07, 6.45) is 0. The monoisotopic (exact) mass is 173 g/mol. The molecule has 2 aliphatic rings. The predicted molar refractivity (Wildman–Crippen MR) is 45.0 cm³/mol. The van der Waals surface area contributed by atoms with E-state index in [9.17, 15) is 4.79 Å². The highest BCUT2D eigenvalue weighted by Gasteiger charge is 2.23. The van der Waals surface area contributed by atoms with Crippen molar-refractivity contribution in [2.75, 3.05) is 18.8 Å². The van der Waals surface area contributed by atoms with E-state index >= 15 is 0 Å². The summed E-state index contributed by atoms with van der Waals surface area (Å²) in [6.45, 7) is 1.87. The van der Waals surface area contributed by atoms with Gasteiger partial charge in [-0.15, -0.1) is 11.8 Å². The molecule has 54 valence electrons. The van der Waals surface area contributed by atoms with Crippen molar-refractivity contribution in [3.63, 3.8) is 0 Å². The quantitative estimate of drug-likeness (QED) is 0.587. The molecule has 0 radical (unpaired) electrons. The molecule has 0 aromatic heterocycles. The van der Waals surface area contributed by atoms with Gasteiger partial charge < -0.3 is 5.32 Å². The predicted octanol–water partition coefficient (Wildman–Crippen LogP) is 0.808. The first-order chi connectivity index (χ1) is 4.86.